The van der Waals surface area contributed by atoms with Gasteiger partial charge in [-0.2, -0.15) is 0 Å². The minimum atomic E-state index is -3.60. The number of esters is 1. The molecule has 0 saturated carbocycles. The molecule has 0 atom stereocenters. The fourth-order valence-corrected chi connectivity index (χ4v) is 4.95. The molecule has 31 heavy (non-hydrogen) atoms. The number of hydrogen-bond donors (Lipinski definition) is 0. The smallest absolute Gasteiger partial charge is 0.344 e. The summed E-state index contributed by atoms with van der Waals surface area (Å²) in [4.78, 5) is 11.8. The Bertz CT molecular complexity index is 1080. The van der Waals surface area contributed by atoms with Crippen LogP contribution >= 0.6 is 22.9 Å². The first kappa shape index (κ1) is 22.9. The fraction of sp³-hybridized carbons (Fsp3) is 0.190. The summed E-state index contributed by atoms with van der Waals surface area (Å²) < 4.78 is 42.4. The zero-order chi connectivity index (χ0) is 22.3. The van der Waals surface area contributed by atoms with Gasteiger partial charge in [0.2, 0.25) is 0 Å². The van der Waals surface area contributed by atoms with Crippen molar-refractivity contribution in [3.8, 4) is 11.5 Å². The predicted octanol–water partition coefficient (Wildman–Crippen LogP) is 4.23. The summed E-state index contributed by atoms with van der Waals surface area (Å²) in [6.45, 7) is 0.00583. The normalized spacial score (nSPS) is 11.0. The Hall–Kier alpha value is -2.75. The molecule has 2 aromatic carbocycles. The molecular formula is C21H20ClNO6S2. The van der Waals surface area contributed by atoms with E-state index in [0.29, 0.717) is 22.2 Å². The third kappa shape index (κ3) is 6.36. The van der Waals surface area contributed by atoms with E-state index in [4.69, 9.17) is 25.8 Å². The first-order valence-electron chi connectivity index (χ1n) is 9.15. The van der Waals surface area contributed by atoms with Crippen LogP contribution in [0.1, 0.15) is 0 Å². The van der Waals surface area contributed by atoms with Crippen LogP contribution in [0.4, 0.5) is 5.69 Å². The van der Waals surface area contributed by atoms with Crippen LogP contribution in [0.2, 0.25) is 5.02 Å². The lowest BCUT2D eigenvalue weighted by molar-refractivity contribution is -0.146. The van der Waals surface area contributed by atoms with Crippen LogP contribution in [-0.4, -0.2) is 41.3 Å². The maximum Gasteiger partial charge on any atom is 0.344 e. The van der Waals surface area contributed by atoms with Gasteiger partial charge in [0.1, 0.15) is 28.9 Å². The van der Waals surface area contributed by atoms with Crippen LogP contribution < -0.4 is 13.8 Å². The van der Waals surface area contributed by atoms with Crippen LogP contribution in [0.3, 0.4) is 0 Å². The average Bonchev–Trinajstić information content (AvgIpc) is 3.32. The van der Waals surface area contributed by atoms with Gasteiger partial charge in [0.15, 0.2) is 6.61 Å². The van der Waals surface area contributed by atoms with Gasteiger partial charge in [-0.1, -0.05) is 17.7 Å². The first-order chi connectivity index (χ1) is 14.9. The van der Waals surface area contributed by atoms with Crippen molar-refractivity contribution in [3.05, 3.63) is 71.1 Å². The lowest BCUT2D eigenvalue weighted by atomic mass is 10.3. The minimum Gasteiger partial charge on any atom is -0.490 e. The highest BCUT2D eigenvalue weighted by Crippen LogP contribution is 2.26. The van der Waals surface area contributed by atoms with E-state index < -0.39 is 16.0 Å². The van der Waals surface area contributed by atoms with E-state index in [1.807, 2.05) is 0 Å². The summed E-state index contributed by atoms with van der Waals surface area (Å²) in [5.41, 5.74) is 0.475. The Morgan fingerprint density at radius 1 is 0.968 bits per heavy atom. The van der Waals surface area contributed by atoms with Crippen molar-refractivity contribution in [2.45, 2.75) is 4.21 Å². The van der Waals surface area contributed by atoms with Gasteiger partial charge >= 0.3 is 5.97 Å². The molecule has 1 aromatic heterocycles. The summed E-state index contributed by atoms with van der Waals surface area (Å²) in [5.74, 6) is 0.504. The molecule has 0 saturated heterocycles. The maximum atomic E-state index is 12.6. The molecule has 0 unspecified atom stereocenters. The number of carbonyl (C=O) groups excluding carboxylic acids is 1. The zero-order valence-corrected chi connectivity index (χ0v) is 19.0. The maximum absolute atomic E-state index is 12.6. The van der Waals surface area contributed by atoms with Gasteiger partial charge in [-0.05, 0) is 60.0 Å². The molecule has 164 valence electrons. The lowest BCUT2D eigenvalue weighted by Gasteiger charge is -2.18. The van der Waals surface area contributed by atoms with Crippen molar-refractivity contribution in [3.63, 3.8) is 0 Å². The van der Waals surface area contributed by atoms with Crippen LogP contribution in [0.5, 0.6) is 11.5 Å². The SMILES string of the molecule is CN(c1ccc(OCC(=O)OCCOc2ccc(Cl)cc2)cc1)S(=O)(=O)c1cccs1. The topological polar surface area (TPSA) is 82.1 Å². The van der Waals surface area contributed by atoms with Crippen molar-refractivity contribution in [2.24, 2.45) is 0 Å². The van der Waals surface area contributed by atoms with Crippen molar-refractivity contribution >= 4 is 44.6 Å². The number of ether oxygens (including phenoxy) is 3. The van der Waals surface area contributed by atoms with Crippen LogP contribution in [-0.2, 0) is 19.6 Å². The molecule has 0 spiro atoms. The summed E-state index contributed by atoms with van der Waals surface area (Å²) in [6.07, 6.45) is 0. The molecule has 7 nitrogen and oxygen atoms in total. The molecule has 0 aliphatic rings. The molecule has 0 amide bonds. The summed E-state index contributed by atoms with van der Waals surface area (Å²) in [6, 6.07) is 16.5. The second-order valence-electron chi connectivity index (χ2n) is 6.21. The standard InChI is InChI=1S/C21H20ClNO6S2/c1-23(31(25,26)21-3-2-14-30-21)17-6-10-19(11-7-17)29-15-20(24)28-13-12-27-18-8-4-16(22)5-9-18/h2-11,14H,12-13,15H2,1H3. The van der Waals surface area contributed by atoms with E-state index in [-0.39, 0.29) is 24.0 Å². The third-order valence-corrected chi connectivity index (χ3v) is 7.51. The molecule has 10 heteroatoms. The van der Waals surface area contributed by atoms with Gasteiger partial charge in [-0.15, -0.1) is 11.3 Å². The molecular weight excluding hydrogens is 462 g/mol. The van der Waals surface area contributed by atoms with Crippen molar-refractivity contribution in [1.29, 1.82) is 0 Å². The summed E-state index contributed by atoms with van der Waals surface area (Å²) in [5, 5.41) is 2.32. The Morgan fingerprint density at radius 3 is 2.26 bits per heavy atom. The number of anilines is 1. The molecule has 0 radical (unpaired) electrons. The monoisotopic (exact) mass is 481 g/mol. The Balaban J connectivity index is 1.42. The average molecular weight is 482 g/mol. The molecule has 0 aliphatic carbocycles. The van der Waals surface area contributed by atoms with E-state index in [1.165, 1.54) is 11.4 Å². The molecule has 0 N–H and O–H groups in total. The van der Waals surface area contributed by atoms with Gasteiger partial charge in [0.25, 0.3) is 10.0 Å². The highest BCUT2D eigenvalue weighted by Gasteiger charge is 2.22. The van der Waals surface area contributed by atoms with Crippen LogP contribution in [0.25, 0.3) is 0 Å². The van der Waals surface area contributed by atoms with E-state index in [0.717, 1.165) is 11.3 Å². The van der Waals surface area contributed by atoms with Crippen LogP contribution in [0.15, 0.2) is 70.3 Å². The number of carbonyl (C=O) groups is 1. The number of rotatable bonds is 10. The molecule has 3 aromatic rings. The van der Waals surface area contributed by atoms with Crippen molar-refractivity contribution < 1.29 is 27.4 Å². The number of halogens is 1. The van der Waals surface area contributed by atoms with E-state index in [1.54, 1.807) is 66.0 Å². The summed E-state index contributed by atoms with van der Waals surface area (Å²) in [7, 11) is -2.12. The molecule has 1 heterocycles. The van der Waals surface area contributed by atoms with Gasteiger partial charge in [0.05, 0.1) is 5.69 Å². The molecule has 0 aliphatic heterocycles. The Kier molecular flexibility index (Phi) is 7.78. The number of benzene rings is 2. The Labute approximate surface area is 189 Å². The van der Waals surface area contributed by atoms with E-state index in [9.17, 15) is 13.2 Å². The minimum absolute atomic E-state index is 0.0785. The zero-order valence-electron chi connectivity index (χ0n) is 16.6. The molecule has 0 bridgehead atoms. The molecule has 3 rings (SSSR count). The predicted molar refractivity (Wildman–Crippen MR) is 120 cm³/mol. The Morgan fingerprint density at radius 2 is 1.61 bits per heavy atom. The second-order valence-corrected chi connectivity index (χ2v) is 9.79. The summed E-state index contributed by atoms with van der Waals surface area (Å²) >= 11 is 6.95. The van der Waals surface area contributed by atoms with Gasteiger partial charge in [-0.3, -0.25) is 4.31 Å². The molecule has 0 fully saturated rings. The number of hydrogen-bond acceptors (Lipinski definition) is 7. The van der Waals surface area contributed by atoms with Crippen molar-refractivity contribution in [2.75, 3.05) is 31.2 Å². The number of sulfonamides is 1. The lowest BCUT2D eigenvalue weighted by Crippen LogP contribution is -2.25. The van der Waals surface area contributed by atoms with Gasteiger partial charge in [0, 0.05) is 12.1 Å². The first-order valence-corrected chi connectivity index (χ1v) is 11.9. The number of thiophene rings is 1. The van der Waals surface area contributed by atoms with E-state index in [2.05, 4.69) is 0 Å². The largest absolute Gasteiger partial charge is 0.490 e. The third-order valence-electron chi connectivity index (χ3n) is 4.10. The van der Waals surface area contributed by atoms with Crippen LogP contribution in [0, 0.1) is 0 Å². The number of nitrogens with zero attached hydrogens (tertiary/aromatic N) is 1. The fourth-order valence-electron chi connectivity index (χ4n) is 2.47. The van der Waals surface area contributed by atoms with Gasteiger partial charge in [-0.25, -0.2) is 13.2 Å². The quantitative estimate of drug-likeness (QED) is 0.318. The van der Waals surface area contributed by atoms with Gasteiger partial charge < -0.3 is 14.2 Å². The highest BCUT2D eigenvalue weighted by atomic mass is 35.5. The van der Waals surface area contributed by atoms with Crippen molar-refractivity contribution in [1.82, 2.24) is 0 Å². The second kappa shape index (κ2) is 10.5. The van der Waals surface area contributed by atoms with E-state index >= 15 is 0 Å². The highest BCUT2D eigenvalue weighted by molar-refractivity contribution is 7.94.